The zero-order valence-electron chi connectivity index (χ0n) is 8.00. The predicted molar refractivity (Wildman–Crippen MR) is 54.6 cm³/mol. The Kier molecular flexibility index (Phi) is 6.20. The van der Waals surface area contributed by atoms with Gasteiger partial charge in [0.1, 0.15) is 0 Å². The minimum atomic E-state index is 0.00972. The molecular weight excluding hydrogens is 172 g/mol. The van der Waals surface area contributed by atoms with Crippen LogP contribution in [0.2, 0.25) is 0 Å². The van der Waals surface area contributed by atoms with Gasteiger partial charge in [0.25, 0.3) is 0 Å². The first-order valence-electron chi connectivity index (χ1n) is 4.11. The lowest BCUT2D eigenvalue weighted by Crippen LogP contribution is -2.35. The van der Waals surface area contributed by atoms with E-state index in [0.717, 1.165) is 6.54 Å². The summed E-state index contributed by atoms with van der Waals surface area (Å²) in [5, 5.41) is 2.84. The standard InChI is InChI=1S/C8H18N2OS/c1-7(6-12)8(11)9-4-5-10(2)3/h7,12H,4-6H2,1-3H3,(H,9,11). The van der Waals surface area contributed by atoms with Crippen molar-refractivity contribution < 1.29 is 4.79 Å². The first-order valence-corrected chi connectivity index (χ1v) is 4.74. The van der Waals surface area contributed by atoms with E-state index in [9.17, 15) is 4.79 Å². The zero-order chi connectivity index (χ0) is 9.56. The third kappa shape index (κ3) is 5.43. The van der Waals surface area contributed by atoms with Gasteiger partial charge < -0.3 is 10.2 Å². The van der Waals surface area contributed by atoms with Crippen LogP contribution in [0.15, 0.2) is 0 Å². The van der Waals surface area contributed by atoms with Crippen molar-refractivity contribution in [2.45, 2.75) is 6.92 Å². The molecule has 1 atom stereocenters. The molecule has 0 bridgehead atoms. The highest BCUT2D eigenvalue weighted by atomic mass is 32.1. The Morgan fingerprint density at radius 3 is 2.58 bits per heavy atom. The molecule has 0 spiro atoms. The lowest BCUT2D eigenvalue weighted by atomic mass is 10.2. The minimum Gasteiger partial charge on any atom is -0.355 e. The van der Waals surface area contributed by atoms with E-state index in [1.54, 1.807) is 0 Å². The number of carbonyl (C=O) groups is 1. The molecular formula is C8H18N2OS. The van der Waals surface area contributed by atoms with Crippen LogP contribution in [0.5, 0.6) is 0 Å². The molecule has 0 radical (unpaired) electrons. The van der Waals surface area contributed by atoms with Gasteiger partial charge in [-0.25, -0.2) is 0 Å². The third-order valence-electron chi connectivity index (χ3n) is 1.58. The summed E-state index contributed by atoms with van der Waals surface area (Å²) in [6, 6.07) is 0. The van der Waals surface area contributed by atoms with Crippen molar-refractivity contribution in [1.82, 2.24) is 10.2 Å². The van der Waals surface area contributed by atoms with Crippen LogP contribution >= 0.6 is 12.6 Å². The summed E-state index contributed by atoms with van der Waals surface area (Å²) in [4.78, 5) is 13.2. The molecule has 1 unspecified atom stereocenters. The van der Waals surface area contributed by atoms with Gasteiger partial charge in [-0.3, -0.25) is 4.79 Å². The van der Waals surface area contributed by atoms with Gasteiger partial charge in [-0.15, -0.1) is 0 Å². The van der Waals surface area contributed by atoms with E-state index < -0.39 is 0 Å². The Bertz CT molecular complexity index is 139. The fourth-order valence-electron chi connectivity index (χ4n) is 0.660. The molecule has 0 aromatic heterocycles. The zero-order valence-corrected chi connectivity index (χ0v) is 8.90. The van der Waals surface area contributed by atoms with Crippen LogP contribution in [0.25, 0.3) is 0 Å². The fraction of sp³-hybridized carbons (Fsp3) is 0.875. The van der Waals surface area contributed by atoms with E-state index in [-0.39, 0.29) is 11.8 Å². The predicted octanol–water partition coefficient (Wildman–Crippen LogP) is 0.230. The number of carbonyl (C=O) groups excluding carboxylic acids is 1. The highest BCUT2D eigenvalue weighted by Gasteiger charge is 2.09. The van der Waals surface area contributed by atoms with Gasteiger partial charge in [0.2, 0.25) is 5.91 Å². The Labute approximate surface area is 79.9 Å². The summed E-state index contributed by atoms with van der Waals surface area (Å²) in [6.07, 6.45) is 0. The first-order chi connectivity index (χ1) is 5.57. The maximum absolute atomic E-state index is 11.2. The summed E-state index contributed by atoms with van der Waals surface area (Å²) < 4.78 is 0. The van der Waals surface area contributed by atoms with Crippen molar-refractivity contribution in [1.29, 1.82) is 0 Å². The number of amides is 1. The van der Waals surface area contributed by atoms with E-state index >= 15 is 0 Å². The summed E-state index contributed by atoms with van der Waals surface area (Å²) in [7, 11) is 3.96. The molecule has 1 amide bonds. The molecule has 0 heterocycles. The van der Waals surface area contributed by atoms with E-state index in [1.165, 1.54) is 0 Å². The molecule has 0 aliphatic carbocycles. The van der Waals surface area contributed by atoms with Crippen molar-refractivity contribution in [3.8, 4) is 0 Å². The molecule has 72 valence electrons. The lowest BCUT2D eigenvalue weighted by molar-refractivity contribution is -0.123. The summed E-state index contributed by atoms with van der Waals surface area (Å²) in [6.45, 7) is 3.47. The molecule has 0 aromatic rings. The Morgan fingerprint density at radius 2 is 2.17 bits per heavy atom. The lowest BCUT2D eigenvalue weighted by Gasteiger charge is -2.12. The monoisotopic (exact) mass is 190 g/mol. The second kappa shape index (κ2) is 6.31. The number of thiol groups is 1. The van der Waals surface area contributed by atoms with Crippen LogP contribution in [0.3, 0.4) is 0 Å². The Morgan fingerprint density at radius 1 is 1.58 bits per heavy atom. The minimum absolute atomic E-state index is 0.00972. The van der Waals surface area contributed by atoms with Crippen molar-refractivity contribution in [2.24, 2.45) is 5.92 Å². The fourth-order valence-corrected chi connectivity index (χ4v) is 0.826. The molecule has 0 aromatic carbocycles. The van der Waals surface area contributed by atoms with Crippen molar-refractivity contribution in [3.63, 3.8) is 0 Å². The topological polar surface area (TPSA) is 32.3 Å². The van der Waals surface area contributed by atoms with Crippen molar-refractivity contribution >= 4 is 18.5 Å². The summed E-state index contributed by atoms with van der Waals surface area (Å²) in [5.74, 6) is 0.704. The van der Waals surface area contributed by atoms with E-state index in [1.807, 2.05) is 25.9 Å². The average Bonchev–Trinajstić information content (AvgIpc) is 2.02. The quantitative estimate of drug-likeness (QED) is 0.608. The van der Waals surface area contributed by atoms with Crippen LogP contribution in [-0.2, 0) is 4.79 Å². The van der Waals surface area contributed by atoms with Gasteiger partial charge >= 0.3 is 0 Å². The molecule has 0 fully saturated rings. The molecule has 0 aliphatic heterocycles. The molecule has 3 nitrogen and oxygen atoms in total. The van der Waals surface area contributed by atoms with Crippen LogP contribution < -0.4 is 5.32 Å². The SMILES string of the molecule is CC(CS)C(=O)NCCN(C)C. The van der Waals surface area contributed by atoms with Crippen LogP contribution in [0, 0.1) is 5.92 Å². The van der Waals surface area contributed by atoms with Gasteiger partial charge in [0.05, 0.1) is 0 Å². The molecule has 4 heteroatoms. The number of rotatable bonds is 5. The maximum Gasteiger partial charge on any atom is 0.223 e. The highest BCUT2D eigenvalue weighted by molar-refractivity contribution is 7.80. The molecule has 0 saturated heterocycles. The van der Waals surface area contributed by atoms with Gasteiger partial charge in [-0.2, -0.15) is 12.6 Å². The smallest absolute Gasteiger partial charge is 0.223 e. The van der Waals surface area contributed by atoms with Gasteiger partial charge in [0.15, 0.2) is 0 Å². The largest absolute Gasteiger partial charge is 0.355 e. The second-order valence-electron chi connectivity index (χ2n) is 3.18. The van der Waals surface area contributed by atoms with E-state index in [4.69, 9.17) is 0 Å². The number of hydrogen-bond acceptors (Lipinski definition) is 3. The second-order valence-corrected chi connectivity index (χ2v) is 3.54. The van der Waals surface area contributed by atoms with Crippen molar-refractivity contribution in [2.75, 3.05) is 32.9 Å². The van der Waals surface area contributed by atoms with Crippen molar-refractivity contribution in [3.05, 3.63) is 0 Å². The molecule has 12 heavy (non-hydrogen) atoms. The third-order valence-corrected chi connectivity index (χ3v) is 2.13. The first kappa shape index (κ1) is 11.8. The van der Waals surface area contributed by atoms with Crippen LogP contribution in [-0.4, -0.2) is 43.7 Å². The molecule has 0 saturated carbocycles. The Balaban J connectivity index is 3.44. The average molecular weight is 190 g/mol. The summed E-state index contributed by atoms with van der Waals surface area (Å²) >= 11 is 4.05. The number of nitrogens with one attached hydrogen (secondary N) is 1. The van der Waals surface area contributed by atoms with E-state index in [0.29, 0.717) is 12.3 Å². The molecule has 1 N–H and O–H groups in total. The Hall–Kier alpha value is -0.220. The van der Waals surface area contributed by atoms with E-state index in [2.05, 4.69) is 17.9 Å². The number of hydrogen-bond donors (Lipinski definition) is 2. The maximum atomic E-state index is 11.2. The summed E-state index contributed by atoms with van der Waals surface area (Å²) in [5.41, 5.74) is 0. The van der Waals surface area contributed by atoms with Gasteiger partial charge in [-0.1, -0.05) is 6.92 Å². The van der Waals surface area contributed by atoms with Crippen LogP contribution in [0.4, 0.5) is 0 Å². The number of likely N-dealkylation sites (N-methyl/N-ethyl adjacent to an activating group) is 1. The molecule has 0 rings (SSSR count). The number of nitrogens with zero attached hydrogens (tertiary/aromatic N) is 1. The van der Waals surface area contributed by atoms with Gasteiger partial charge in [-0.05, 0) is 14.1 Å². The van der Waals surface area contributed by atoms with Gasteiger partial charge in [0, 0.05) is 24.8 Å². The molecule has 0 aliphatic rings. The van der Waals surface area contributed by atoms with Crippen LogP contribution in [0.1, 0.15) is 6.92 Å². The normalized spacial score (nSPS) is 13.1. The highest BCUT2D eigenvalue weighted by Crippen LogP contribution is 1.95.